The Labute approximate surface area is 107 Å². The van der Waals surface area contributed by atoms with Crippen LogP contribution in [-0.2, 0) is 11.3 Å². The van der Waals surface area contributed by atoms with Crippen molar-refractivity contribution in [1.82, 2.24) is 5.32 Å². The minimum atomic E-state index is -0.329. The molecule has 1 rings (SSSR count). The summed E-state index contributed by atoms with van der Waals surface area (Å²) in [6.45, 7) is 5.42. The van der Waals surface area contributed by atoms with E-state index < -0.39 is 0 Å². The zero-order chi connectivity index (χ0) is 13.5. The molecular formula is C13H20FN3O. The molecule has 0 saturated carbocycles. The number of hydrogen-bond acceptors (Lipinski definition) is 3. The van der Waals surface area contributed by atoms with E-state index in [4.69, 9.17) is 5.73 Å². The zero-order valence-electron chi connectivity index (χ0n) is 10.9. The summed E-state index contributed by atoms with van der Waals surface area (Å²) in [5.41, 5.74) is 6.58. The maximum absolute atomic E-state index is 13.6. The first-order valence-corrected chi connectivity index (χ1v) is 6.12. The van der Waals surface area contributed by atoms with Gasteiger partial charge in [0.05, 0.1) is 6.54 Å². The lowest BCUT2D eigenvalue weighted by Gasteiger charge is -2.22. The Morgan fingerprint density at radius 2 is 2.17 bits per heavy atom. The van der Waals surface area contributed by atoms with E-state index in [9.17, 15) is 9.18 Å². The van der Waals surface area contributed by atoms with Gasteiger partial charge in [-0.2, -0.15) is 0 Å². The normalized spacial score (nSPS) is 10.2. The number of carbonyl (C=O) groups excluding carboxylic acids is 1. The van der Waals surface area contributed by atoms with Crippen molar-refractivity contribution in [2.75, 3.05) is 24.5 Å². The topological polar surface area (TPSA) is 58.4 Å². The molecule has 1 aromatic rings. The summed E-state index contributed by atoms with van der Waals surface area (Å²) in [6.07, 6.45) is 0. The summed E-state index contributed by atoms with van der Waals surface area (Å²) in [4.78, 5) is 13.3. The molecule has 18 heavy (non-hydrogen) atoms. The molecule has 5 heteroatoms. The number of rotatable bonds is 6. The van der Waals surface area contributed by atoms with Crippen molar-refractivity contribution in [1.29, 1.82) is 0 Å². The van der Waals surface area contributed by atoms with Gasteiger partial charge in [-0.3, -0.25) is 4.79 Å². The average Bonchev–Trinajstić information content (AvgIpc) is 2.36. The molecule has 0 atom stereocenters. The van der Waals surface area contributed by atoms with E-state index in [0.29, 0.717) is 24.3 Å². The molecule has 0 aromatic heterocycles. The summed E-state index contributed by atoms with van der Waals surface area (Å²) in [6, 6.07) is 4.87. The van der Waals surface area contributed by atoms with Gasteiger partial charge >= 0.3 is 0 Å². The second-order valence-electron chi connectivity index (χ2n) is 3.95. The van der Waals surface area contributed by atoms with Crippen molar-refractivity contribution in [3.05, 3.63) is 29.6 Å². The fraction of sp³-hybridized carbons (Fsp3) is 0.462. The van der Waals surface area contributed by atoms with Gasteiger partial charge in [0, 0.05) is 30.9 Å². The highest BCUT2D eigenvalue weighted by Crippen LogP contribution is 2.18. The second-order valence-corrected chi connectivity index (χ2v) is 3.95. The van der Waals surface area contributed by atoms with Gasteiger partial charge in [0.2, 0.25) is 5.91 Å². The smallest absolute Gasteiger partial charge is 0.239 e. The molecule has 1 aromatic carbocycles. The Morgan fingerprint density at radius 3 is 2.67 bits per heavy atom. The quantitative estimate of drug-likeness (QED) is 0.802. The standard InChI is InChI=1S/C13H20FN3O/c1-3-16-13(18)9-17(4-2)11-6-5-10(8-15)12(14)7-11/h5-7H,3-4,8-9,15H2,1-2H3,(H,16,18). The predicted octanol–water partition coefficient (Wildman–Crippen LogP) is 1.25. The number of nitrogens with two attached hydrogens (primary N) is 1. The highest BCUT2D eigenvalue weighted by molar-refractivity contribution is 5.81. The van der Waals surface area contributed by atoms with Crippen LogP contribution in [0, 0.1) is 5.82 Å². The van der Waals surface area contributed by atoms with Gasteiger partial charge in [-0.25, -0.2) is 4.39 Å². The van der Waals surface area contributed by atoms with E-state index in [1.807, 2.05) is 18.7 Å². The lowest BCUT2D eigenvalue weighted by atomic mass is 10.2. The van der Waals surface area contributed by atoms with Crippen LogP contribution < -0.4 is 16.0 Å². The van der Waals surface area contributed by atoms with Crippen molar-refractivity contribution < 1.29 is 9.18 Å². The highest BCUT2D eigenvalue weighted by Gasteiger charge is 2.11. The summed E-state index contributed by atoms with van der Waals surface area (Å²) >= 11 is 0. The zero-order valence-corrected chi connectivity index (χ0v) is 10.9. The minimum absolute atomic E-state index is 0.0670. The maximum Gasteiger partial charge on any atom is 0.239 e. The van der Waals surface area contributed by atoms with Crippen molar-refractivity contribution in [3.8, 4) is 0 Å². The van der Waals surface area contributed by atoms with E-state index in [1.54, 1.807) is 12.1 Å². The third-order valence-electron chi connectivity index (χ3n) is 2.71. The maximum atomic E-state index is 13.6. The van der Waals surface area contributed by atoms with Crippen LogP contribution in [0.5, 0.6) is 0 Å². The van der Waals surface area contributed by atoms with Gasteiger partial charge in [-0.05, 0) is 26.0 Å². The lowest BCUT2D eigenvalue weighted by Crippen LogP contribution is -2.37. The second kappa shape index (κ2) is 6.96. The summed E-state index contributed by atoms with van der Waals surface area (Å²) in [7, 11) is 0. The first-order chi connectivity index (χ1) is 8.62. The van der Waals surface area contributed by atoms with Crippen LogP contribution in [0.4, 0.5) is 10.1 Å². The van der Waals surface area contributed by atoms with Crippen LogP contribution in [0.25, 0.3) is 0 Å². The Kier molecular flexibility index (Phi) is 5.58. The van der Waals surface area contributed by atoms with Gasteiger partial charge in [0.15, 0.2) is 0 Å². The molecule has 0 radical (unpaired) electrons. The Bertz CT molecular complexity index is 409. The number of anilines is 1. The van der Waals surface area contributed by atoms with Crippen molar-refractivity contribution in [3.63, 3.8) is 0 Å². The van der Waals surface area contributed by atoms with E-state index in [0.717, 1.165) is 0 Å². The van der Waals surface area contributed by atoms with E-state index in [-0.39, 0.29) is 24.8 Å². The summed E-state index contributed by atoms with van der Waals surface area (Å²) in [5, 5.41) is 2.72. The van der Waals surface area contributed by atoms with E-state index in [2.05, 4.69) is 5.32 Å². The van der Waals surface area contributed by atoms with Gasteiger partial charge in [0.1, 0.15) is 5.82 Å². The number of nitrogens with zero attached hydrogens (tertiary/aromatic N) is 1. The Hall–Kier alpha value is -1.62. The fourth-order valence-electron chi connectivity index (χ4n) is 1.71. The molecule has 1 amide bonds. The van der Waals surface area contributed by atoms with Crippen molar-refractivity contribution in [2.24, 2.45) is 5.73 Å². The van der Waals surface area contributed by atoms with Crippen LogP contribution in [0.3, 0.4) is 0 Å². The van der Waals surface area contributed by atoms with Crippen molar-refractivity contribution in [2.45, 2.75) is 20.4 Å². The average molecular weight is 253 g/mol. The van der Waals surface area contributed by atoms with Crippen molar-refractivity contribution >= 4 is 11.6 Å². The molecule has 100 valence electrons. The predicted molar refractivity (Wildman–Crippen MR) is 70.9 cm³/mol. The molecule has 0 bridgehead atoms. The van der Waals surface area contributed by atoms with E-state index >= 15 is 0 Å². The van der Waals surface area contributed by atoms with Gasteiger partial charge in [0.25, 0.3) is 0 Å². The molecule has 0 aliphatic rings. The van der Waals surface area contributed by atoms with E-state index in [1.165, 1.54) is 6.07 Å². The van der Waals surface area contributed by atoms with Crippen LogP contribution in [0.15, 0.2) is 18.2 Å². The SMILES string of the molecule is CCNC(=O)CN(CC)c1ccc(CN)c(F)c1. The van der Waals surface area contributed by atoms with Crippen LogP contribution in [0.2, 0.25) is 0 Å². The minimum Gasteiger partial charge on any atom is -0.362 e. The molecule has 0 aliphatic heterocycles. The number of likely N-dealkylation sites (N-methyl/N-ethyl adjacent to an activating group) is 2. The number of halogens is 1. The summed E-state index contributed by atoms with van der Waals surface area (Å²) < 4.78 is 13.6. The molecule has 0 aliphatic carbocycles. The Morgan fingerprint density at radius 1 is 1.44 bits per heavy atom. The third-order valence-corrected chi connectivity index (χ3v) is 2.71. The number of carbonyl (C=O) groups is 1. The highest BCUT2D eigenvalue weighted by atomic mass is 19.1. The van der Waals surface area contributed by atoms with Crippen LogP contribution in [0.1, 0.15) is 19.4 Å². The summed E-state index contributed by atoms with van der Waals surface area (Å²) in [5.74, 6) is -0.396. The van der Waals surface area contributed by atoms with Crippen LogP contribution in [-0.4, -0.2) is 25.5 Å². The van der Waals surface area contributed by atoms with Gasteiger partial charge < -0.3 is 16.0 Å². The number of nitrogens with one attached hydrogen (secondary N) is 1. The van der Waals surface area contributed by atoms with Gasteiger partial charge in [-0.15, -0.1) is 0 Å². The molecule has 0 spiro atoms. The fourth-order valence-corrected chi connectivity index (χ4v) is 1.71. The largest absolute Gasteiger partial charge is 0.362 e. The molecular weight excluding hydrogens is 233 g/mol. The first-order valence-electron chi connectivity index (χ1n) is 6.12. The monoisotopic (exact) mass is 253 g/mol. The van der Waals surface area contributed by atoms with Crippen LogP contribution >= 0.6 is 0 Å². The molecule has 0 heterocycles. The Balaban J connectivity index is 2.82. The molecule has 0 unspecified atom stereocenters. The molecule has 0 fully saturated rings. The van der Waals surface area contributed by atoms with Gasteiger partial charge in [-0.1, -0.05) is 6.07 Å². The number of amides is 1. The molecule has 0 saturated heterocycles. The first kappa shape index (κ1) is 14.4. The molecule has 3 N–H and O–H groups in total. The molecule has 4 nitrogen and oxygen atoms in total. The third kappa shape index (κ3) is 3.70. The number of hydrogen-bond donors (Lipinski definition) is 2. The lowest BCUT2D eigenvalue weighted by molar-refractivity contribution is -0.119. The number of benzene rings is 1.